The first-order chi connectivity index (χ1) is 16.6. The summed E-state index contributed by atoms with van der Waals surface area (Å²) in [6.07, 6.45) is 6.77. The number of aromatic nitrogens is 5. The molecule has 0 saturated heterocycles. The molecule has 0 unspecified atom stereocenters. The second kappa shape index (κ2) is 9.14. The molecular formula is C25H21FN6O2. The number of nitrogens with zero attached hydrogens (tertiary/aromatic N) is 5. The van der Waals surface area contributed by atoms with Crippen molar-refractivity contribution >= 4 is 16.9 Å². The minimum atomic E-state index is -0.355. The fourth-order valence-corrected chi connectivity index (χ4v) is 3.77. The van der Waals surface area contributed by atoms with Gasteiger partial charge in [0.1, 0.15) is 17.5 Å². The first kappa shape index (κ1) is 21.3. The van der Waals surface area contributed by atoms with Gasteiger partial charge in [-0.15, -0.1) is 0 Å². The molecule has 1 amide bonds. The third-order valence-corrected chi connectivity index (χ3v) is 5.51. The van der Waals surface area contributed by atoms with Crippen molar-refractivity contribution in [3.05, 3.63) is 113 Å². The molecule has 1 N–H and O–H groups in total. The van der Waals surface area contributed by atoms with Crippen LogP contribution >= 0.6 is 0 Å². The Hall–Kier alpha value is -4.53. The summed E-state index contributed by atoms with van der Waals surface area (Å²) >= 11 is 0. The Labute approximate surface area is 193 Å². The summed E-state index contributed by atoms with van der Waals surface area (Å²) < 4.78 is 18.4. The van der Waals surface area contributed by atoms with Gasteiger partial charge < -0.3 is 9.88 Å². The Morgan fingerprint density at radius 2 is 1.82 bits per heavy atom. The molecule has 0 bridgehead atoms. The zero-order valence-corrected chi connectivity index (χ0v) is 18.1. The van der Waals surface area contributed by atoms with Crippen LogP contribution in [0.15, 0.2) is 90.4 Å². The highest BCUT2D eigenvalue weighted by Crippen LogP contribution is 2.11. The van der Waals surface area contributed by atoms with E-state index in [4.69, 9.17) is 0 Å². The summed E-state index contributed by atoms with van der Waals surface area (Å²) in [5.74, 6) is -0.549. The van der Waals surface area contributed by atoms with Gasteiger partial charge in [0.15, 0.2) is 5.65 Å². The maximum absolute atomic E-state index is 13.4. The number of hydrogen-bond acceptors (Lipinski definition) is 4. The van der Waals surface area contributed by atoms with E-state index < -0.39 is 0 Å². The smallest absolute Gasteiger partial charge is 0.264 e. The first-order valence-electron chi connectivity index (χ1n) is 10.8. The Bertz CT molecular complexity index is 1500. The van der Waals surface area contributed by atoms with Gasteiger partial charge in [-0.1, -0.05) is 12.1 Å². The zero-order valence-electron chi connectivity index (χ0n) is 18.1. The van der Waals surface area contributed by atoms with Crippen molar-refractivity contribution in [2.45, 2.75) is 13.1 Å². The molecule has 3 heterocycles. The van der Waals surface area contributed by atoms with E-state index in [0.29, 0.717) is 35.2 Å². The summed E-state index contributed by atoms with van der Waals surface area (Å²) in [6, 6.07) is 17.3. The Kier molecular flexibility index (Phi) is 5.73. The van der Waals surface area contributed by atoms with Crippen LogP contribution < -0.4 is 10.9 Å². The predicted molar refractivity (Wildman–Crippen MR) is 125 cm³/mol. The number of carbonyl (C=O) groups is 1. The van der Waals surface area contributed by atoms with E-state index in [1.165, 1.54) is 29.2 Å². The van der Waals surface area contributed by atoms with Crippen LogP contribution in [-0.4, -0.2) is 36.4 Å². The van der Waals surface area contributed by atoms with E-state index in [2.05, 4.69) is 15.4 Å². The molecule has 170 valence electrons. The van der Waals surface area contributed by atoms with Crippen LogP contribution in [0.4, 0.5) is 4.39 Å². The van der Waals surface area contributed by atoms with Crippen molar-refractivity contribution in [3.63, 3.8) is 0 Å². The van der Waals surface area contributed by atoms with Gasteiger partial charge in [-0.05, 0) is 54.1 Å². The fraction of sp³-hybridized carbons (Fsp3) is 0.120. The van der Waals surface area contributed by atoms with E-state index in [9.17, 15) is 14.0 Å². The second-order valence-corrected chi connectivity index (χ2v) is 7.81. The molecule has 0 aliphatic heterocycles. The average Bonchev–Trinajstić information content (AvgIpc) is 3.52. The van der Waals surface area contributed by atoms with Crippen molar-refractivity contribution in [1.29, 1.82) is 0 Å². The number of nitrogens with one attached hydrogen (secondary N) is 1. The lowest BCUT2D eigenvalue weighted by atomic mass is 10.2. The molecule has 3 aromatic heterocycles. The number of amides is 1. The van der Waals surface area contributed by atoms with Crippen molar-refractivity contribution in [3.8, 4) is 5.69 Å². The van der Waals surface area contributed by atoms with Gasteiger partial charge in [0.2, 0.25) is 0 Å². The molecule has 5 rings (SSSR count). The molecule has 5 aromatic rings. The van der Waals surface area contributed by atoms with E-state index in [0.717, 1.165) is 5.69 Å². The predicted octanol–water partition coefficient (Wildman–Crippen LogP) is 3.00. The van der Waals surface area contributed by atoms with E-state index in [1.54, 1.807) is 28.9 Å². The van der Waals surface area contributed by atoms with Gasteiger partial charge in [0.25, 0.3) is 11.5 Å². The van der Waals surface area contributed by atoms with Crippen molar-refractivity contribution < 1.29 is 9.18 Å². The molecule has 0 aliphatic carbocycles. The first-order valence-corrected chi connectivity index (χ1v) is 10.8. The number of hydrogen-bond donors (Lipinski definition) is 1. The average molecular weight is 456 g/mol. The summed E-state index contributed by atoms with van der Waals surface area (Å²) in [5, 5.41) is 7.49. The van der Waals surface area contributed by atoms with Crippen LogP contribution in [0.5, 0.6) is 0 Å². The quantitative estimate of drug-likeness (QED) is 0.408. The topological polar surface area (TPSA) is 86.7 Å². The second-order valence-electron chi connectivity index (χ2n) is 7.81. The number of rotatable bonds is 7. The van der Waals surface area contributed by atoms with Crippen LogP contribution in [0.2, 0.25) is 0 Å². The van der Waals surface area contributed by atoms with Crippen molar-refractivity contribution in [1.82, 2.24) is 29.2 Å². The van der Waals surface area contributed by atoms with Crippen LogP contribution in [0, 0.1) is 5.82 Å². The Morgan fingerprint density at radius 3 is 2.59 bits per heavy atom. The maximum Gasteiger partial charge on any atom is 0.264 e. The van der Waals surface area contributed by atoms with Crippen LogP contribution in [-0.2, 0) is 13.1 Å². The molecule has 0 atom stereocenters. The molecule has 0 aliphatic rings. The highest BCUT2D eigenvalue weighted by Gasteiger charge is 2.12. The van der Waals surface area contributed by atoms with Gasteiger partial charge in [-0.3, -0.25) is 14.2 Å². The summed E-state index contributed by atoms with van der Waals surface area (Å²) in [4.78, 5) is 29.7. The number of halogens is 1. The lowest BCUT2D eigenvalue weighted by Gasteiger charge is -2.08. The van der Waals surface area contributed by atoms with Gasteiger partial charge in [0.05, 0.1) is 19.3 Å². The summed E-state index contributed by atoms with van der Waals surface area (Å²) in [5.41, 5.74) is 2.37. The molecular weight excluding hydrogens is 435 g/mol. The molecule has 0 saturated carbocycles. The largest absolute Gasteiger partial charge is 0.350 e. The SMILES string of the molecule is O=C(NCCn1ncc2c(=O)n(Cc3cccc(F)c3)cnc21)c1ccc(-n2cccc2)cc1. The van der Waals surface area contributed by atoms with Crippen LogP contribution in [0.25, 0.3) is 16.7 Å². The molecule has 0 spiro atoms. The van der Waals surface area contributed by atoms with Crippen molar-refractivity contribution in [2.24, 2.45) is 0 Å². The lowest BCUT2D eigenvalue weighted by Crippen LogP contribution is -2.27. The molecule has 34 heavy (non-hydrogen) atoms. The Balaban J connectivity index is 1.23. The number of carbonyl (C=O) groups excluding carboxylic acids is 1. The molecule has 0 fully saturated rings. The summed E-state index contributed by atoms with van der Waals surface area (Å²) in [7, 11) is 0. The highest BCUT2D eigenvalue weighted by atomic mass is 19.1. The van der Waals surface area contributed by atoms with E-state index in [1.807, 2.05) is 41.2 Å². The van der Waals surface area contributed by atoms with E-state index >= 15 is 0 Å². The highest BCUT2D eigenvalue weighted by molar-refractivity contribution is 5.94. The van der Waals surface area contributed by atoms with Crippen LogP contribution in [0.1, 0.15) is 15.9 Å². The molecule has 2 aromatic carbocycles. The minimum Gasteiger partial charge on any atom is -0.350 e. The minimum absolute atomic E-state index is 0.194. The Morgan fingerprint density at radius 1 is 1.03 bits per heavy atom. The van der Waals surface area contributed by atoms with E-state index in [-0.39, 0.29) is 23.8 Å². The normalized spacial score (nSPS) is 11.1. The monoisotopic (exact) mass is 456 g/mol. The molecule has 8 nitrogen and oxygen atoms in total. The maximum atomic E-state index is 13.4. The van der Waals surface area contributed by atoms with Gasteiger partial charge in [-0.2, -0.15) is 5.10 Å². The number of fused-ring (bicyclic) bond motifs is 1. The van der Waals surface area contributed by atoms with Crippen molar-refractivity contribution in [2.75, 3.05) is 6.54 Å². The summed E-state index contributed by atoms with van der Waals surface area (Å²) in [6.45, 7) is 0.893. The van der Waals surface area contributed by atoms with Gasteiger partial charge >= 0.3 is 0 Å². The third-order valence-electron chi connectivity index (χ3n) is 5.51. The third kappa shape index (κ3) is 4.36. The van der Waals surface area contributed by atoms with Gasteiger partial charge in [-0.25, -0.2) is 14.1 Å². The number of benzene rings is 2. The fourth-order valence-electron chi connectivity index (χ4n) is 3.77. The standard InChI is InChI=1S/C25H21FN6O2/c26-20-5-3-4-18(14-20)16-31-17-28-23-22(25(31)34)15-29-32(23)13-10-27-24(33)19-6-8-21(9-7-19)30-11-1-2-12-30/h1-9,11-12,14-15,17H,10,13,16H2,(H,27,33). The molecule has 0 radical (unpaired) electrons. The molecule has 9 heteroatoms. The lowest BCUT2D eigenvalue weighted by molar-refractivity contribution is 0.0952. The van der Waals surface area contributed by atoms with Gasteiger partial charge in [0, 0.05) is 30.2 Å². The van der Waals surface area contributed by atoms with Crippen LogP contribution in [0.3, 0.4) is 0 Å². The zero-order chi connectivity index (χ0) is 23.5.